The fraction of sp³-hybridized carbons (Fsp3) is 0.467. The van der Waals surface area contributed by atoms with Gasteiger partial charge in [0.1, 0.15) is 6.54 Å². The lowest BCUT2D eigenvalue weighted by Crippen LogP contribution is -2.40. The van der Waals surface area contributed by atoms with E-state index in [4.69, 9.17) is 0 Å². The summed E-state index contributed by atoms with van der Waals surface area (Å²) in [6.45, 7) is 6.37. The highest BCUT2D eigenvalue weighted by atomic mass is 79.9. The molecule has 5 heteroatoms. The molecule has 2 amide bonds. The van der Waals surface area contributed by atoms with E-state index in [1.807, 2.05) is 24.3 Å². The van der Waals surface area contributed by atoms with Gasteiger partial charge in [0.25, 0.3) is 0 Å². The molecular formula is C15H21BrN2O2. The minimum Gasteiger partial charge on any atom is -0.355 e. The van der Waals surface area contributed by atoms with Gasteiger partial charge in [-0.05, 0) is 36.6 Å². The molecule has 0 radical (unpaired) electrons. The normalized spacial score (nSPS) is 10.4. The fourth-order valence-electron chi connectivity index (χ4n) is 1.71. The van der Waals surface area contributed by atoms with Crippen LogP contribution >= 0.6 is 15.9 Å². The van der Waals surface area contributed by atoms with E-state index >= 15 is 0 Å². The first-order valence-corrected chi connectivity index (χ1v) is 7.50. The number of carbonyl (C=O) groups is 2. The third kappa shape index (κ3) is 5.74. The lowest BCUT2D eigenvalue weighted by molar-refractivity contribution is -0.123. The molecule has 0 fully saturated rings. The summed E-state index contributed by atoms with van der Waals surface area (Å²) in [5.74, 6) is 0.265. The van der Waals surface area contributed by atoms with Crippen molar-refractivity contribution in [2.24, 2.45) is 5.92 Å². The summed E-state index contributed by atoms with van der Waals surface area (Å²) in [4.78, 5) is 25.0. The van der Waals surface area contributed by atoms with Crippen molar-refractivity contribution in [2.75, 3.05) is 18.0 Å². The largest absolute Gasteiger partial charge is 0.355 e. The maximum Gasteiger partial charge on any atom is 0.240 e. The number of nitrogens with one attached hydrogen (secondary N) is 1. The number of benzene rings is 1. The molecule has 0 spiro atoms. The number of amides is 2. The third-order valence-electron chi connectivity index (χ3n) is 2.86. The Morgan fingerprint density at radius 3 is 2.35 bits per heavy atom. The standard InChI is InChI=1S/C15H21BrN2O2/c1-11(2)8-9-17-15(20)10-18(12(3)19)14-6-4-13(16)5-7-14/h4-7,11H,8-10H2,1-3H3,(H,17,20). The molecule has 110 valence electrons. The van der Waals surface area contributed by atoms with Crippen molar-refractivity contribution in [2.45, 2.75) is 27.2 Å². The Balaban J connectivity index is 2.61. The van der Waals surface area contributed by atoms with Gasteiger partial charge in [0.15, 0.2) is 0 Å². The predicted molar refractivity (Wildman–Crippen MR) is 84.6 cm³/mol. The molecule has 0 saturated heterocycles. The molecule has 1 aromatic carbocycles. The van der Waals surface area contributed by atoms with Crippen molar-refractivity contribution < 1.29 is 9.59 Å². The maximum absolute atomic E-state index is 11.9. The van der Waals surface area contributed by atoms with Gasteiger partial charge in [-0.2, -0.15) is 0 Å². The summed E-state index contributed by atoms with van der Waals surface area (Å²) in [5, 5.41) is 2.84. The van der Waals surface area contributed by atoms with Crippen LogP contribution in [0.4, 0.5) is 5.69 Å². The molecule has 4 nitrogen and oxygen atoms in total. The number of carbonyl (C=O) groups excluding carboxylic acids is 2. The smallest absolute Gasteiger partial charge is 0.240 e. The average molecular weight is 341 g/mol. The second kappa shape index (κ2) is 8.04. The van der Waals surface area contributed by atoms with Crippen LogP contribution in [0.3, 0.4) is 0 Å². The number of anilines is 1. The van der Waals surface area contributed by atoms with E-state index in [0.29, 0.717) is 12.5 Å². The first-order chi connectivity index (χ1) is 9.40. The van der Waals surface area contributed by atoms with Crippen molar-refractivity contribution >= 4 is 33.4 Å². The number of halogens is 1. The highest BCUT2D eigenvalue weighted by Crippen LogP contribution is 2.18. The van der Waals surface area contributed by atoms with Crippen molar-refractivity contribution in [3.05, 3.63) is 28.7 Å². The number of rotatable bonds is 6. The van der Waals surface area contributed by atoms with Gasteiger partial charge in [-0.1, -0.05) is 29.8 Å². The molecular weight excluding hydrogens is 320 g/mol. The second-order valence-electron chi connectivity index (χ2n) is 5.11. The minimum absolute atomic E-state index is 0.0507. The van der Waals surface area contributed by atoms with E-state index in [0.717, 1.165) is 16.6 Å². The van der Waals surface area contributed by atoms with Crippen LogP contribution in [0.1, 0.15) is 27.2 Å². The zero-order valence-corrected chi connectivity index (χ0v) is 13.7. The Kier molecular flexibility index (Phi) is 6.71. The Bertz CT molecular complexity index is 457. The van der Waals surface area contributed by atoms with E-state index < -0.39 is 0 Å². The molecule has 1 N–H and O–H groups in total. The van der Waals surface area contributed by atoms with Crippen LogP contribution in [0.25, 0.3) is 0 Å². The summed E-state index contributed by atoms with van der Waals surface area (Å²) < 4.78 is 0.936. The lowest BCUT2D eigenvalue weighted by Gasteiger charge is -2.21. The predicted octanol–water partition coefficient (Wildman–Crippen LogP) is 2.96. The van der Waals surface area contributed by atoms with E-state index in [2.05, 4.69) is 35.1 Å². The van der Waals surface area contributed by atoms with E-state index in [1.54, 1.807) is 0 Å². The highest BCUT2D eigenvalue weighted by Gasteiger charge is 2.15. The Labute approximate surface area is 128 Å². The molecule has 0 heterocycles. The number of hydrogen-bond donors (Lipinski definition) is 1. The molecule has 0 atom stereocenters. The Hall–Kier alpha value is -1.36. The lowest BCUT2D eigenvalue weighted by atomic mass is 10.1. The zero-order chi connectivity index (χ0) is 15.1. The fourth-order valence-corrected chi connectivity index (χ4v) is 1.97. The van der Waals surface area contributed by atoms with Gasteiger partial charge in [-0.25, -0.2) is 0 Å². The SMILES string of the molecule is CC(=O)N(CC(=O)NCCC(C)C)c1ccc(Br)cc1. The molecule has 0 saturated carbocycles. The van der Waals surface area contributed by atoms with Crippen LogP contribution in [0.15, 0.2) is 28.7 Å². The summed E-state index contributed by atoms with van der Waals surface area (Å²) >= 11 is 3.35. The summed E-state index contributed by atoms with van der Waals surface area (Å²) in [7, 11) is 0. The van der Waals surface area contributed by atoms with Crippen LogP contribution in [-0.2, 0) is 9.59 Å². The van der Waals surface area contributed by atoms with Gasteiger partial charge >= 0.3 is 0 Å². The highest BCUT2D eigenvalue weighted by molar-refractivity contribution is 9.10. The molecule has 0 aliphatic carbocycles. The Morgan fingerprint density at radius 1 is 1.25 bits per heavy atom. The van der Waals surface area contributed by atoms with Crippen LogP contribution in [0, 0.1) is 5.92 Å². The van der Waals surface area contributed by atoms with Crippen LogP contribution in [0.5, 0.6) is 0 Å². The van der Waals surface area contributed by atoms with Crippen LogP contribution < -0.4 is 10.2 Å². The number of hydrogen-bond acceptors (Lipinski definition) is 2. The summed E-state index contributed by atoms with van der Waals surface area (Å²) in [6.07, 6.45) is 0.935. The molecule has 1 rings (SSSR count). The van der Waals surface area contributed by atoms with Crippen LogP contribution in [0.2, 0.25) is 0 Å². The average Bonchev–Trinajstić information content (AvgIpc) is 2.36. The van der Waals surface area contributed by atoms with E-state index in [9.17, 15) is 9.59 Å². The Morgan fingerprint density at radius 2 is 1.85 bits per heavy atom. The van der Waals surface area contributed by atoms with Gasteiger partial charge in [-0.15, -0.1) is 0 Å². The monoisotopic (exact) mass is 340 g/mol. The van der Waals surface area contributed by atoms with Gasteiger partial charge in [0.2, 0.25) is 11.8 Å². The second-order valence-corrected chi connectivity index (χ2v) is 6.03. The van der Waals surface area contributed by atoms with Gasteiger partial charge < -0.3 is 10.2 Å². The molecule has 20 heavy (non-hydrogen) atoms. The van der Waals surface area contributed by atoms with E-state index in [1.165, 1.54) is 11.8 Å². The maximum atomic E-state index is 11.9. The molecule has 1 aromatic rings. The van der Waals surface area contributed by atoms with Crippen LogP contribution in [-0.4, -0.2) is 24.9 Å². The third-order valence-corrected chi connectivity index (χ3v) is 3.39. The molecule has 0 unspecified atom stereocenters. The van der Waals surface area contributed by atoms with Crippen molar-refractivity contribution in [1.82, 2.24) is 5.32 Å². The number of nitrogens with zero attached hydrogens (tertiary/aromatic N) is 1. The topological polar surface area (TPSA) is 49.4 Å². The molecule has 0 aromatic heterocycles. The first-order valence-electron chi connectivity index (χ1n) is 6.70. The van der Waals surface area contributed by atoms with Crippen molar-refractivity contribution in [3.8, 4) is 0 Å². The molecule has 0 aliphatic heterocycles. The summed E-state index contributed by atoms with van der Waals surface area (Å²) in [6, 6.07) is 7.32. The zero-order valence-electron chi connectivity index (χ0n) is 12.1. The molecule has 0 aliphatic rings. The van der Waals surface area contributed by atoms with E-state index in [-0.39, 0.29) is 18.4 Å². The van der Waals surface area contributed by atoms with Gasteiger partial charge in [-0.3, -0.25) is 9.59 Å². The van der Waals surface area contributed by atoms with Crippen molar-refractivity contribution in [3.63, 3.8) is 0 Å². The van der Waals surface area contributed by atoms with Gasteiger partial charge in [0.05, 0.1) is 0 Å². The first kappa shape index (κ1) is 16.7. The molecule has 0 bridgehead atoms. The minimum atomic E-state index is -0.147. The van der Waals surface area contributed by atoms with Gasteiger partial charge in [0, 0.05) is 23.6 Å². The summed E-state index contributed by atoms with van der Waals surface area (Å²) in [5.41, 5.74) is 0.722. The van der Waals surface area contributed by atoms with Crippen molar-refractivity contribution in [1.29, 1.82) is 0 Å². The quantitative estimate of drug-likeness (QED) is 0.865.